The van der Waals surface area contributed by atoms with Crippen LogP contribution in [0.2, 0.25) is 0 Å². The van der Waals surface area contributed by atoms with Crippen molar-refractivity contribution in [1.29, 1.82) is 0 Å². The molecular formula is C19H29F9O4S2. The van der Waals surface area contributed by atoms with Crippen LogP contribution >= 0.6 is 10.3 Å². The zero-order valence-corrected chi connectivity index (χ0v) is 20.3. The zero-order valence-electron chi connectivity index (χ0n) is 18.7. The van der Waals surface area contributed by atoms with Gasteiger partial charge < -0.3 is 0 Å². The number of hydrogen-bond acceptors (Lipinski definition) is 4. The fourth-order valence-corrected chi connectivity index (χ4v) is 9.07. The van der Waals surface area contributed by atoms with Crippen molar-refractivity contribution >= 4 is 26.2 Å². The molecule has 0 radical (unpaired) electrons. The molecule has 1 atom stereocenters. The minimum atomic E-state index is -7.37. The van der Waals surface area contributed by atoms with E-state index < -0.39 is 60.5 Å². The van der Waals surface area contributed by atoms with E-state index in [0.717, 1.165) is 19.1 Å². The summed E-state index contributed by atoms with van der Waals surface area (Å²) in [6, 6.07) is 0. The van der Waals surface area contributed by atoms with Crippen LogP contribution < -0.4 is 0 Å². The van der Waals surface area contributed by atoms with E-state index in [4.69, 9.17) is 0 Å². The van der Waals surface area contributed by atoms with Gasteiger partial charge in [-0.2, -0.15) is 47.9 Å². The number of carbonyl (C=O) groups excluding carboxylic acids is 1. The highest BCUT2D eigenvalue weighted by Crippen LogP contribution is 2.61. The molecule has 0 aliphatic heterocycles. The third-order valence-electron chi connectivity index (χ3n) is 5.69. The molecule has 1 aliphatic rings. The third kappa shape index (κ3) is 6.54. The standard InChI is InChI=1S/C19H29F9O4S2/c1-3-4-5-7-10-14(29)13-33(2,15-11-8-6-9-12-15)32-34(30,31)19(27,28)17(22,23)16(20,21)18(24,25)26/h15H,3-13H2,1-2H3. The summed E-state index contributed by atoms with van der Waals surface area (Å²) >= 11 is 0. The predicted molar refractivity (Wildman–Crippen MR) is 110 cm³/mol. The number of ketones is 1. The summed E-state index contributed by atoms with van der Waals surface area (Å²) in [7, 11) is -10.5. The summed E-state index contributed by atoms with van der Waals surface area (Å²) in [5.74, 6) is -16.1. The Morgan fingerprint density at radius 3 is 1.85 bits per heavy atom. The molecule has 1 rings (SSSR count). The monoisotopic (exact) mass is 556 g/mol. The van der Waals surface area contributed by atoms with E-state index in [1.54, 1.807) is 0 Å². The van der Waals surface area contributed by atoms with E-state index in [2.05, 4.69) is 3.63 Å². The second kappa shape index (κ2) is 11.1. The van der Waals surface area contributed by atoms with Crippen LogP contribution in [-0.2, 0) is 18.5 Å². The second-order valence-electron chi connectivity index (χ2n) is 8.51. The number of hydrogen-bond donors (Lipinski definition) is 0. The largest absolute Gasteiger partial charge is 0.460 e. The van der Waals surface area contributed by atoms with Gasteiger partial charge in [0.1, 0.15) is 5.78 Å². The lowest BCUT2D eigenvalue weighted by Crippen LogP contribution is -2.63. The molecule has 1 saturated carbocycles. The molecule has 1 unspecified atom stereocenters. The molecule has 0 bridgehead atoms. The Morgan fingerprint density at radius 2 is 1.38 bits per heavy atom. The van der Waals surface area contributed by atoms with Gasteiger partial charge in [0.05, 0.1) is 5.75 Å². The van der Waals surface area contributed by atoms with Crippen LogP contribution in [0.3, 0.4) is 0 Å². The van der Waals surface area contributed by atoms with Gasteiger partial charge in [-0.25, -0.2) is 3.63 Å². The first-order valence-electron chi connectivity index (χ1n) is 10.7. The van der Waals surface area contributed by atoms with Gasteiger partial charge in [0, 0.05) is 11.7 Å². The number of carbonyl (C=O) groups is 1. The van der Waals surface area contributed by atoms with Crippen LogP contribution in [0.25, 0.3) is 0 Å². The highest BCUT2D eigenvalue weighted by atomic mass is 32.3. The SMILES string of the molecule is CCCCCCC(=O)CS(C)(OS(=O)(=O)C(F)(F)C(F)(F)C(F)(F)C(F)(F)F)C1CCCCC1. The van der Waals surface area contributed by atoms with Crippen LogP contribution in [0, 0.1) is 0 Å². The number of unbranched alkanes of at least 4 members (excludes halogenated alkanes) is 3. The summed E-state index contributed by atoms with van der Waals surface area (Å²) < 4.78 is 148. The fraction of sp³-hybridized carbons (Fsp3) is 0.947. The molecule has 0 spiro atoms. The molecule has 0 amide bonds. The summed E-state index contributed by atoms with van der Waals surface area (Å²) in [5, 5.41) is -7.74. The van der Waals surface area contributed by atoms with Crippen molar-refractivity contribution in [2.24, 2.45) is 0 Å². The Hall–Kier alpha value is -0.700. The van der Waals surface area contributed by atoms with Gasteiger partial charge in [-0.15, -0.1) is 10.3 Å². The minimum absolute atomic E-state index is 0.0720. The average molecular weight is 557 g/mol. The van der Waals surface area contributed by atoms with Crippen LogP contribution in [0.1, 0.15) is 71.1 Å². The molecular weight excluding hydrogens is 527 g/mol. The van der Waals surface area contributed by atoms with E-state index in [1.807, 2.05) is 6.92 Å². The Kier molecular flexibility index (Phi) is 10.3. The van der Waals surface area contributed by atoms with Crippen molar-refractivity contribution in [1.82, 2.24) is 0 Å². The van der Waals surface area contributed by atoms with Gasteiger partial charge in [-0.3, -0.25) is 4.79 Å². The molecule has 1 aliphatic carbocycles. The number of halogens is 9. The normalized spacial score (nSPS) is 20.1. The molecule has 0 aromatic carbocycles. The lowest BCUT2D eigenvalue weighted by atomic mass is 10.0. The van der Waals surface area contributed by atoms with Crippen molar-refractivity contribution in [3.05, 3.63) is 0 Å². The molecule has 0 N–H and O–H groups in total. The van der Waals surface area contributed by atoms with Crippen molar-refractivity contribution < 1.29 is 56.4 Å². The zero-order chi connectivity index (χ0) is 26.6. The van der Waals surface area contributed by atoms with Gasteiger partial charge in [0.25, 0.3) is 0 Å². The first kappa shape index (κ1) is 31.3. The van der Waals surface area contributed by atoms with Gasteiger partial charge in [0.15, 0.2) is 0 Å². The van der Waals surface area contributed by atoms with Crippen molar-refractivity contribution in [2.45, 2.75) is 99.7 Å². The smallest absolute Gasteiger partial charge is 0.299 e. The molecule has 15 heteroatoms. The molecule has 4 nitrogen and oxygen atoms in total. The second-order valence-corrected chi connectivity index (χ2v) is 13.6. The first-order valence-corrected chi connectivity index (χ1v) is 14.3. The topological polar surface area (TPSA) is 60.4 Å². The third-order valence-corrected chi connectivity index (χ3v) is 11.3. The molecule has 0 aromatic rings. The molecule has 1 fully saturated rings. The molecule has 0 aromatic heterocycles. The van der Waals surface area contributed by atoms with Gasteiger partial charge in [0.2, 0.25) is 0 Å². The van der Waals surface area contributed by atoms with Crippen LogP contribution in [-0.4, -0.2) is 54.7 Å². The van der Waals surface area contributed by atoms with E-state index in [-0.39, 0.29) is 19.3 Å². The van der Waals surface area contributed by atoms with Gasteiger partial charge in [-0.1, -0.05) is 45.4 Å². The Morgan fingerprint density at radius 1 is 0.853 bits per heavy atom. The molecule has 0 saturated heterocycles. The lowest BCUT2D eigenvalue weighted by Gasteiger charge is -2.44. The van der Waals surface area contributed by atoms with Gasteiger partial charge in [-0.05, 0) is 25.5 Å². The first-order chi connectivity index (χ1) is 15.3. The van der Waals surface area contributed by atoms with Crippen LogP contribution in [0.15, 0.2) is 0 Å². The van der Waals surface area contributed by atoms with Crippen LogP contribution in [0.5, 0.6) is 0 Å². The molecule has 0 heterocycles. The molecule has 204 valence electrons. The maximum atomic E-state index is 14.2. The number of rotatable bonds is 13. The Bertz CT molecular complexity index is 794. The number of Topliss-reactive ketones (excluding diaryl/α,β-unsaturated/α-hetero) is 1. The quantitative estimate of drug-likeness (QED) is 0.181. The Labute approximate surface area is 194 Å². The highest BCUT2D eigenvalue weighted by molar-refractivity contribution is 8.33. The fourth-order valence-electron chi connectivity index (χ4n) is 3.67. The highest BCUT2D eigenvalue weighted by Gasteiger charge is 2.86. The lowest BCUT2D eigenvalue weighted by molar-refractivity contribution is -0.382. The van der Waals surface area contributed by atoms with Crippen molar-refractivity contribution in [2.75, 3.05) is 12.0 Å². The van der Waals surface area contributed by atoms with E-state index in [0.29, 0.717) is 32.1 Å². The number of alkyl halides is 9. The predicted octanol–water partition coefficient (Wildman–Crippen LogP) is 6.98. The maximum Gasteiger partial charge on any atom is 0.460 e. The summed E-state index contributed by atoms with van der Waals surface area (Å²) in [6.45, 7) is 1.91. The van der Waals surface area contributed by atoms with E-state index in [9.17, 15) is 52.7 Å². The van der Waals surface area contributed by atoms with Crippen LogP contribution in [0.4, 0.5) is 39.5 Å². The summed E-state index contributed by atoms with van der Waals surface area (Å²) in [4.78, 5) is 12.4. The Balaban J connectivity index is 3.30. The maximum absolute atomic E-state index is 14.2. The minimum Gasteiger partial charge on any atom is -0.299 e. The summed E-state index contributed by atoms with van der Waals surface area (Å²) in [5.41, 5.74) is 0. The molecule has 34 heavy (non-hydrogen) atoms. The van der Waals surface area contributed by atoms with Crippen molar-refractivity contribution in [3.8, 4) is 0 Å². The van der Waals surface area contributed by atoms with Crippen molar-refractivity contribution in [3.63, 3.8) is 0 Å². The van der Waals surface area contributed by atoms with E-state index >= 15 is 0 Å². The van der Waals surface area contributed by atoms with Gasteiger partial charge >= 0.3 is 33.4 Å². The average Bonchev–Trinajstić information content (AvgIpc) is 2.70. The summed E-state index contributed by atoms with van der Waals surface area (Å²) in [6.07, 6.45) is -1.51. The van der Waals surface area contributed by atoms with E-state index in [1.165, 1.54) is 0 Å².